The van der Waals surface area contributed by atoms with Crippen molar-refractivity contribution in [3.05, 3.63) is 47.7 Å². The summed E-state index contributed by atoms with van der Waals surface area (Å²) in [4.78, 5) is 20.3. The third-order valence-electron chi connectivity index (χ3n) is 4.61. The van der Waals surface area contributed by atoms with Crippen LogP contribution in [-0.4, -0.2) is 34.2 Å². The molecule has 1 amide bonds. The quantitative estimate of drug-likeness (QED) is 0.762. The van der Waals surface area contributed by atoms with Crippen LogP contribution in [-0.2, 0) is 4.74 Å². The number of amides is 1. The minimum Gasteiger partial charge on any atom is -0.381 e. The Balaban J connectivity index is 1.59. The van der Waals surface area contributed by atoms with E-state index in [0.29, 0.717) is 30.6 Å². The van der Waals surface area contributed by atoms with Crippen LogP contribution < -0.4 is 5.32 Å². The molecule has 25 heavy (non-hydrogen) atoms. The number of ether oxygens (including phenoxy) is 1. The molecule has 1 aliphatic rings. The fourth-order valence-corrected chi connectivity index (χ4v) is 3.28. The van der Waals surface area contributed by atoms with Crippen molar-refractivity contribution < 1.29 is 14.1 Å². The van der Waals surface area contributed by atoms with E-state index in [-0.39, 0.29) is 17.9 Å². The van der Waals surface area contributed by atoms with Gasteiger partial charge in [-0.2, -0.15) is 4.98 Å². The number of carbonyl (C=O) groups excluding carboxylic acids is 1. The fourth-order valence-electron chi connectivity index (χ4n) is 3.28. The van der Waals surface area contributed by atoms with Crippen LogP contribution in [0.2, 0.25) is 0 Å². The number of aromatic amines is 1. The van der Waals surface area contributed by atoms with E-state index >= 15 is 0 Å². The molecule has 130 valence electrons. The minimum atomic E-state index is -0.316. The number of carbonyl (C=O) groups is 1. The lowest BCUT2D eigenvalue weighted by Crippen LogP contribution is -2.36. The van der Waals surface area contributed by atoms with Crippen molar-refractivity contribution in [1.29, 1.82) is 0 Å². The average Bonchev–Trinajstić information content (AvgIpc) is 3.26. The molecule has 0 spiro atoms. The van der Waals surface area contributed by atoms with Crippen molar-refractivity contribution in [2.75, 3.05) is 13.2 Å². The monoisotopic (exact) mass is 340 g/mol. The van der Waals surface area contributed by atoms with Crippen LogP contribution in [0.1, 0.15) is 41.1 Å². The molecule has 0 aliphatic carbocycles. The number of benzene rings is 1. The second kappa shape index (κ2) is 6.68. The van der Waals surface area contributed by atoms with Crippen molar-refractivity contribution in [2.45, 2.75) is 25.8 Å². The number of para-hydroxylation sites is 1. The first kappa shape index (κ1) is 15.8. The van der Waals surface area contributed by atoms with Gasteiger partial charge in [0.25, 0.3) is 5.91 Å². The highest BCUT2D eigenvalue weighted by Gasteiger charge is 2.31. The van der Waals surface area contributed by atoms with Gasteiger partial charge in [0.2, 0.25) is 5.89 Å². The molecule has 1 fully saturated rings. The topological polar surface area (TPSA) is 93.0 Å². The van der Waals surface area contributed by atoms with Gasteiger partial charge in [-0.05, 0) is 37.8 Å². The number of nitrogens with zero attached hydrogens (tertiary/aromatic N) is 2. The molecule has 0 radical (unpaired) electrons. The van der Waals surface area contributed by atoms with E-state index in [9.17, 15) is 4.79 Å². The lowest BCUT2D eigenvalue weighted by Gasteiger charge is -2.28. The molecule has 0 bridgehead atoms. The van der Waals surface area contributed by atoms with Gasteiger partial charge in [0.1, 0.15) is 11.7 Å². The van der Waals surface area contributed by atoms with E-state index in [1.165, 1.54) is 0 Å². The number of fused-ring (bicyclic) bond motifs is 1. The first-order valence-electron chi connectivity index (χ1n) is 8.47. The maximum atomic E-state index is 12.8. The predicted octanol–water partition coefficient (Wildman–Crippen LogP) is 2.76. The molecule has 3 heterocycles. The van der Waals surface area contributed by atoms with E-state index in [2.05, 4.69) is 20.4 Å². The van der Waals surface area contributed by atoms with E-state index in [4.69, 9.17) is 9.26 Å². The Bertz CT molecular complexity index is 846. The van der Waals surface area contributed by atoms with Crippen LogP contribution in [0, 0.1) is 12.8 Å². The minimum absolute atomic E-state index is 0.177. The van der Waals surface area contributed by atoms with Crippen molar-refractivity contribution in [3.63, 3.8) is 0 Å². The number of nitrogens with one attached hydrogen (secondary N) is 2. The van der Waals surface area contributed by atoms with Gasteiger partial charge in [-0.25, -0.2) is 0 Å². The van der Waals surface area contributed by atoms with Crippen LogP contribution in [0.25, 0.3) is 10.9 Å². The molecule has 1 aliphatic heterocycles. The molecule has 1 atom stereocenters. The molecule has 1 aromatic carbocycles. The molecule has 1 saturated heterocycles. The summed E-state index contributed by atoms with van der Waals surface area (Å²) in [6, 6.07) is 9.34. The van der Waals surface area contributed by atoms with Crippen LogP contribution in [0.4, 0.5) is 0 Å². The van der Waals surface area contributed by atoms with Gasteiger partial charge in [-0.15, -0.1) is 0 Å². The largest absolute Gasteiger partial charge is 0.381 e. The lowest BCUT2D eigenvalue weighted by molar-refractivity contribution is 0.0467. The molecule has 7 nitrogen and oxygen atoms in total. The third kappa shape index (κ3) is 3.28. The predicted molar refractivity (Wildman–Crippen MR) is 91.1 cm³/mol. The molecule has 0 saturated carbocycles. The molecular weight excluding hydrogens is 320 g/mol. The molecule has 2 N–H and O–H groups in total. The number of aromatic nitrogens is 3. The van der Waals surface area contributed by atoms with E-state index in [1.54, 1.807) is 6.92 Å². The Morgan fingerprint density at radius 2 is 2.12 bits per heavy atom. The number of H-pyrrole nitrogens is 1. The summed E-state index contributed by atoms with van der Waals surface area (Å²) in [5, 5.41) is 7.95. The summed E-state index contributed by atoms with van der Waals surface area (Å²) < 4.78 is 10.8. The van der Waals surface area contributed by atoms with Gasteiger partial charge < -0.3 is 19.6 Å². The zero-order valence-electron chi connectivity index (χ0n) is 14.0. The second-order valence-corrected chi connectivity index (χ2v) is 6.35. The number of rotatable bonds is 4. The molecule has 7 heteroatoms. The smallest absolute Gasteiger partial charge is 0.268 e. The maximum Gasteiger partial charge on any atom is 0.268 e. The van der Waals surface area contributed by atoms with Gasteiger partial charge >= 0.3 is 0 Å². The van der Waals surface area contributed by atoms with Gasteiger partial charge in [-0.1, -0.05) is 23.4 Å². The SMILES string of the molecule is Cc1noc(C(NC(=O)c2cc3ccccc3[nH]2)C2CCOCC2)n1. The van der Waals surface area contributed by atoms with Crippen LogP contribution in [0.3, 0.4) is 0 Å². The van der Waals surface area contributed by atoms with Crippen LogP contribution in [0.5, 0.6) is 0 Å². The highest BCUT2D eigenvalue weighted by Crippen LogP contribution is 2.29. The van der Waals surface area contributed by atoms with Crippen molar-refractivity contribution in [1.82, 2.24) is 20.4 Å². The summed E-state index contributed by atoms with van der Waals surface area (Å²) in [6.45, 7) is 3.13. The Morgan fingerprint density at radius 3 is 2.84 bits per heavy atom. The first-order valence-corrected chi connectivity index (χ1v) is 8.47. The average molecular weight is 340 g/mol. The zero-order chi connectivity index (χ0) is 17.2. The van der Waals surface area contributed by atoms with Gasteiger partial charge in [0.15, 0.2) is 5.82 Å². The maximum absolute atomic E-state index is 12.8. The number of aryl methyl sites for hydroxylation is 1. The molecule has 1 unspecified atom stereocenters. The molecular formula is C18H20N4O3. The highest BCUT2D eigenvalue weighted by atomic mass is 16.5. The molecule has 4 rings (SSSR count). The number of hydrogen-bond donors (Lipinski definition) is 2. The molecule has 3 aromatic rings. The standard InChI is InChI=1S/C18H20N4O3/c1-11-19-18(25-22-11)16(12-6-8-24-9-7-12)21-17(23)15-10-13-4-2-3-5-14(13)20-15/h2-5,10,12,16,20H,6-9H2,1H3,(H,21,23). The van der Waals surface area contributed by atoms with Crippen molar-refractivity contribution >= 4 is 16.8 Å². The highest BCUT2D eigenvalue weighted by molar-refractivity contribution is 5.98. The summed E-state index contributed by atoms with van der Waals surface area (Å²) in [5.41, 5.74) is 1.46. The van der Waals surface area contributed by atoms with Gasteiger partial charge in [0, 0.05) is 24.1 Å². The second-order valence-electron chi connectivity index (χ2n) is 6.35. The summed E-state index contributed by atoms with van der Waals surface area (Å²) in [7, 11) is 0. The van der Waals surface area contributed by atoms with Crippen LogP contribution in [0.15, 0.2) is 34.9 Å². The summed E-state index contributed by atoms with van der Waals surface area (Å²) in [6.07, 6.45) is 1.69. The van der Waals surface area contributed by atoms with E-state index in [0.717, 1.165) is 23.7 Å². The summed E-state index contributed by atoms with van der Waals surface area (Å²) in [5.74, 6) is 1.05. The Morgan fingerprint density at radius 1 is 1.32 bits per heavy atom. The lowest BCUT2D eigenvalue weighted by atomic mass is 9.91. The Hall–Kier alpha value is -2.67. The third-order valence-corrected chi connectivity index (χ3v) is 4.61. The number of hydrogen-bond acceptors (Lipinski definition) is 5. The van der Waals surface area contributed by atoms with Crippen molar-refractivity contribution in [2.24, 2.45) is 5.92 Å². The van der Waals surface area contributed by atoms with Gasteiger partial charge in [0.05, 0.1) is 0 Å². The molecule has 2 aromatic heterocycles. The summed E-state index contributed by atoms with van der Waals surface area (Å²) >= 11 is 0. The van der Waals surface area contributed by atoms with E-state index < -0.39 is 0 Å². The Labute approximate surface area is 144 Å². The fraction of sp³-hybridized carbons (Fsp3) is 0.389. The Kier molecular flexibility index (Phi) is 4.23. The normalized spacial score (nSPS) is 16.8. The van der Waals surface area contributed by atoms with Crippen molar-refractivity contribution in [3.8, 4) is 0 Å². The van der Waals surface area contributed by atoms with Gasteiger partial charge in [-0.3, -0.25) is 4.79 Å². The first-order chi connectivity index (χ1) is 12.2. The van der Waals surface area contributed by atoms with Crippen LogP contribution >= 0.6 is 0 Å². The zero-order valence-corrected chi connectivity index (χ0v) is 14.0. The van der Waals surface area contributed by atoms with E-state index in [1.807, 2.05) is 30.3 Å².